The van der Waals surface area contributed by atoms with Gasteiger partial charge in [-0.05, 0) is 50.5 Å². The molecule has 0 saturated heterocycles. The number of nitrogens with one attached hydrogen (secondary N) is 1. The van der Waals surface area contributed by atoms with Gasteiger partial charge in [0.25, 0.3) is 5.91 Å². The molecule has 0 spiro atoms. The van der Waals surface area contributed by atoms with Crippen molar-refractivity contribution in [2.75, 3.05) is 5.32 Å². The smallest absolute Gasteiger partial charge is 0.266 e. The minimum absolute atomic E-state index is 0.231. The van der Waals surface area contributed by atoms with E-state index < -0.39 is 6.10 Å². The molecule has 1 aromatic carbocycles. The number of aryl methyl sites for hydroxylation is 2. The molecule has 0 fully saturated rings. The zero-order chi connectivity index (χ0) is 17.9. The zero-order valence-electron chi connectivity index (χ0n) is 14.8. The number of rotatable bonds is 6. The number of nitrogens with zero attached hydrogens (tertiary/aromatic N) is 2. The molecular weight excluding hydrogens is 342 g/mol. The van der Waals surface area contributed by atoms with Gasteiger partial charge in [-0.25, -0.2) is 0 Å². The third kappa shape index (κ3) is 4.95. The molecule has 24 heavy (non-hydrogen) atoms. The number of hydrogen-bond donors (Lipinski definition) is 1. The second kappa shape index (κ2) is 7.98. The maximum atomic E-state index is 12.3. The van der Waals surface area contributed by atoms with Crippen molar-refractivity contribution in [1.29, 1.82) is 0 Å². The van der Waals surface area contributed by atoms with Crippen LogP contribution in [-0.2, 0) is 4.79 Å². The summed E-state index contributed by atoms with van der Waals surface area (Å²) in [6.07, 6.45) is -0.616. The molecule has 1 amide bonds. The van der Waals surface area contributed by atoms with Gasteiger partial charge in [-0.3, -0.25) is 10.1 Å². The predicted octanol–water partition coefficient (Wildman–Crippen LogP) is 4.37. The molecule has 1 atom stereocenters. The van der Waals surface area contributed by atoms with Crippen molar-refractivity contribution in [3.8, 4) is 5.75 Å². The Morgan fingerprint density at radius 3 is 2.58 bits per heavy atom. The number of thioether (sulfide) groups is 1. The fourth-order valence-electron chi connectivity index (χ4n) is 2.08. The van der Waals surface area contributed by atoms with Crippen LogP contribution in [0.4, 0.5) is 5.13 Å². The fourth-order valence-corrected chi connectivity index (χ4v) is 4.06. The lowest BCUT2D eigenvalue weighted by Crippen LogP contribution is -2.30. The molecule has 1 heterocycles. The summed E-state index contributed by atoms with van der Waals surface area (Å²) in [5.41, 5.74) is 3.31. The summed E-state index contributed by atoms with van der Waals surface area (Å²) in [6, 6.07) is 4.05. The minimum atomic E-state index is -0.616. The van der Waals surface area contributed by atoms with Crippen LogP contribution in [0.15, 0.2) is 16.5 Å². The second-order valence-electron chi connectivity index (χ2n) is 5.99. The number of ether oxygens (including phenoxy) is 1. The van der Waals surface area contributed by atoms with Crippen LogP contribution >= 0.6 is 23.1 Å². The molecule has 0 saturated carbocycles. The van der Waals surface area contributed by atoms with E-state index in [4.69, 9.17) is 4.74 Å². The Balaban J connectivity index is 2.01. The van der Waals surface area contributed by atoms with Crippen LogP contribution in [0.2, 0.25) is 0 Å². The fraction of sp³-hybridized carbons (Fsp3) is 0.471. The molecule has 130 valence electrons. The van der Waals surface area contributed by atoms with Gasteiger partial charge in [-0.2, -0.15) is 0 Å². The molecule has 0 aliphatic carbocycles. The summed E-state index contributed by atoms with van der Waals surface area (Å²) >= 11 is 3.00. The maximum absolute atomic E-state index is 12.3. The zero-order valence-corrected chi connectivity index (χ0v) is 16.5. The van der Waals surface area contributed by atoms with E-state index in [9.17, 15) is 4.79 Å². The summed E-state index contributed by atoms with van der Waals surface area (Å²) in [5, 5.41) is 11.8. The summed E-state index contributed by atoms with van der Waals surface area (Å²) in [5.74, 6) is 0.509. The number of anilines is 1. The summed E-state index contributed by atoms with van der Waals surface area (Å²) < 4.78 is 6.70. The first-order valence-electron chi connectivity index (χ1n) is 7.81. The number of carbonyl (C=O) groups is 1. The van der Waals surface area contributed by atoms with E-state index in [1.165, 1.54) is 11.3 Å². The molecule has 2 rings (SSSR count). The topological polar surface area (TPSA) is 64.1 Å². The number of benzene rings is 1. The van der Waals surface area contributed by atoms with E-state index in [0.717, 1.165) is 26.8 Å². The largest absolute Gasteiger partial charge is 0.481 e. The number of hydrogen-bond acceptors (Lipinski definition) is 6. The first-order valence-corrected chi connectivity index (χ1v) is 9.51. The number of carbonyl (C=O) groups excluding carboxylic acids is 1. The van der Waals surface area contributed by atoms with Crippen LogP contribution < -0.4 is 10.1 Å². The Hall–Kier alpha value is -1.60. The highest BCUT2D eigenvalue weighted by Gasteiger charge is 2.18. The van der Waals surface area contributed by atoms with Gasteiger partial charge in [-0.15, -0.1) is 10.2 Å². The van der Waals surface area contributed by atoms with Gasteiger partial charge in [0.1, 0.15) is 5.75 Å². The summed E-state index contributed by atoms with van der Waals surface area (Å²) in [7, 11) is 0. The first kappa shape index (κ1) is 18.7. The summed E-state index contributed by atoms with van der Waals surface area (Å²) in [4.78, 5) is 12.3. The average Bonchev–Trinajstić information content (AvgIpc) is 2.90. The lowest BCUT2D eigenvalue weighted by Gasteiger charge is -2.17. The van der Waals surface area contributed by atoms with Gasteiger partial charge < -0.3 is 4.74 Å². The Kier molecular flexibility index (Phi) is 6.23. The van der Waals surface area contributed by atoms with Crippen molar-refractivity contribution in [2.45, 2.75) is 57.2 Å². The van der Waals surface area contributed by atoms with Crippen molar-refractivity contribution < 1.29 is 9.53 Å². The van der Waals surface area contributed by atoms with Crippen LogP contribution in [-0.4, -0.2) is 27.5 Å². The number of aromatic nitrogens is 2. The molecule has 0 aliphatic heterocycles. The SMILES string of the molecule is Cc1cc(C)c(C)c(O[C@H](C)C(=O)Nc2nnc(SC(C)C)s2)c1. The van der Waals surface area contributed by atoms with Crippen LogP contribution in [0.5, 0.6) is 5.75 Å². The van der Waals surface area contributed by atoms with Crippen LogP contribution in [0.25, 0.3) is 0 Å². The molecule has 0 unspecified atom stereocenters. The Bertz CT molecular complexity index is 729. The highest BCUT2D eigenvalue weighted by molar-refractivity contribution is 8.01. The van der Waals surface area contributed by atoms with Crippen LogP contribution in [0.1, 0.15) is 37.5 Å². The minimum Gasteiger partial charge on any atom is -0.481 e. The molecule has 2 aromatic rings. The first-order chi connectivity index (χ1) is 11.3. The van der Waals surface area contributed by atoms with E-state index in [1.54, 1.807) is 18.7 Å². The van der Waals surface area contributed by atoms with Gasteiger partial charge in [0.15, 0.2) is 10.4 Å². The lowest BCUT2D eigenvalue weighted by molar-refractivity contribution is -0.122. The highest BCUT2D eigenvalue weighted by atomic mass is 32.2. The van der Waals surface area contributed by atoms with E-state index in [0.29, 0.717) is 10.4 Å². The molecule has 5 nitrogen and oxygen atoms in total. The van der Waals surface area contributed by atoms with Gasteiger partial charge in [0.2, 0.25) is 5.13 Å². The van der Waals surface area contributed by atoms with E-state index in [-0.39, 0.29) is 5.91 Å². The molecule has 0 radical (unpaired) electrons. The normalized spacial score (nSPS) is 12.3. The van der Waals surface area contributed by atoms with E-state index >= 15 is 0 Å². The molecule has 7 heteroatoms. The second-order valence-corrected chi connectivity index (χ2v) is 8.80. The van der Waals surface area contributed by atoms with Gasteiger partial charge >= 0.3 is 0 Å². The maximum Gasteiger partial charge on any atom is 0.266 e. The Labute approximate surface area is 151 Å². The quantitative estimate of drug-likeness (QED) is 0.608. The lowest BCUT2D eigenvalue weighted by atomic mass is 10.1. The third-order valence-corrected chi connectivity index (χ3v) is 5.34. The van der Waals surface area contributed by atoms with Crippen molar-refractivity contribution in [2.24, 2.45) is 0 Å². The standard InChI is InChI=1S/C17H23N3O2S2/c1-9(2)23-17-20-19-16(24-17)18-15(21)13(6)22-14-8-10(3)7-11(4)12(14)5/h7-9,13H,1-6H3,(H,18,19,21)/t13-/m1/s1. The number of amides is 1. The molecular formula is C17H23N3O2S2. The molecule has 0 bridgehead atoms. The predicted molar refractivity (Wildman–Crippen MR) is 100 cm³/mol. The molecule has 1 N–H and O–H groups in total. The highest BCUT2D eigenvalue weighted by Crippen LogP contribution is 2.29. The van der Waals surface area contributed by atoms with Gasteiger partial charge in [0.05, 0.1) is 0 Å². The molecule has 1 aromatic heterocycles. The van der Waals surface area contributed by atoms with Crippen LogP contribution in [0.3, 0.4) is 0 Å². The van der Waals surface area contributed by atoms with Crippen LogP contribution in [0, 0.1) is 20.8 Å². The molecule has 0 aliphatic rings. The third-order valence-electron chi connectivity index (χ3n) is 3.41. The van der Waals surface area contributed by atoms with Crippen molar-refractivity contribution in [3.05, 3.63) is 28.8 Å². The van der Waals surface area contributed by atoms with E-state index in [1.807, 2.05) is 26.8 Å². The van der Waals surface area contributed by atoms with Crippen molar-refractivity contribution in [3.63, 3.8) is 0 Å². The van der Waals surface area contributed by atoms with E-state index in [2.05, 4.69) is 35.4 Å². The summed E-state index contributed by atoms with van der Waals surface area (Å²) in [6.45, 7) is 12.0. The Morgan fingerprint density at radius 2 is 1.92 bits per heavy atom. The average molecular weight is 366 g/mol. The van der Waals surface area contributed by atoms with Crippen molar-refractivity contribution >= 4 is 34.1 Å². The van der Waals surface area contributed by atoms with Crippen molar-refractivity contribution in [1.82, 2.24) is 10.2 Å². The monoisotopic (exact) mass is 365 g/mol. The van der Waals surface area contributed by atoms with Gasteiger partial charge in [0, 0.05) is 5.25 Å². The van der Waals surface area contributed by atoms with Gasteiger partial charge in [-0.1, -0.05) is 43.0 Å². The Morgan fingerprint density at radius 1 is 1.21 bits per heavy atom.